The van der Waals surface area contributed by atoms with Crippen molar-refractivity contribution in [2.75, 3.05) is 27.4 Å². The highest BCUT2D eigenvalue weighted by atomic mass is 16.6. The molecule has 0 unspecified atom stereocenters. The van der Waals surface area contributed by atoms with Crippen molar-refractivity contribution in [2.24, 2.45) is 0 Å². The number of hydrogen-bond acceptors (Lipinski definition) is 11. The summed E-state index contributed by atoms with van der Waals surface area (Å²) < 4.78 is 21.9. The fourth-order valence-corrected chi connectivity index (χ4v) is 3.92. The number of methoxy groups -OCH3 is 2. The van der Waals surface area contributed by atoms with E-state index in [1.54, 1.807) is 0 Å². The number of rotatable bonds is 11. The number of aliphatic hydroxyl groups excluding tert-OH is 2. The van der Waals surface area contributed by atoms with E-state index >= 15 is 0 Å². The molecule has 3 atom stereocenters. The van der Waals surface area contributed by atoms with E-state index in [1.165, 1.54) is 32.5 Å². The van der Waals surface area contributed by atoms with Crippen LogP contribution in [0, 0.1) is 22.0 Å². The molecule has 15 heteroatoms. The fourth-order valence-electron chi connectivity index (χ4n) is 3.92. The van der Waals surface area contributed by atoms with Crippen molar-refractivity contribution < 1.29 is 38.9 Å². The number of aliphatic hydroxyl groups is 2. The first-order chi connectivity index (χ1) is 19.2. The lowest BCUT2D eigenvalue weighted by Gasteiger charge is -2.14. The molecule has 1 saturated heterocycles. The molecule has 4 N–H and O–H groups in total. The molecule has 40 heavy (non-hydrogen) atoms. The summed E-state index contributed by atoms with van der Waals surface area (Å²) in [5.74, 6) is 5.97. The van der Waals surface area contributed by atoms with Gasteiger partial charge in [-0.25, -0.2) is 9.59 Å². The van der Waals surface area contributed by atoms with Crippen LogP contribution in [-0.4, -0.2) is 70.4 Å². The summed E-state index contributed by atoms with van der Waals surface area (Å²) in [5, 5.41) is 33.0. The van der Waals surface area contributed by atoms with Gasteiger partial charge in [0.1, 0.15) is 24.5 Å². The van der Waals surface area contributed by atoms with Crippen LogP contribution in [-0.2, 0) is 16.1 Å². The van der Waals surface area contributed by atoms with Gasteiger partial charge in [0.05, 0.1) is 43.5 Å². The van der Waals surface area contributed by atoms with Crippen LogP contribution in [0.3, 0.4) is 0 Å². The zero-order valence-electron chi connectivity index (χ0n) is 21.9. The first-order valence-corrected chi connectivity index (χ1v) is 12.3. The van der Waals surface area contributed by atoms with Gasteiger partial charge in [0, 0.05) is 25.6 Å². The van der Waals surface area contributed by atoms with E-state index < -0.39 is 47.3 Å². The Bertz CT molecular complexity index is 1390. The van der Waals surface area contributed by atoms with Gasteiger partial charge in [-0.1, -0.05) is 11.8 Å². The maximum absolute atomic E-state index is 12.2. The standard InChI is InChI=1S/C25H30N4O11/c1-37-19-9-16(17(29(35)36)10-20(19)38-2)14-39-25(34)26-8-6-4-3-5-7-15-12-28(24(33)27-23(15)32)22-11-18(31)21(13-30)40-22/h9-10,12,18,21-22,30-31H,3-4,6,8,11,13-14H2,1-2H3,(H,26,34)(H,27,32,33)/t18-,21+,22+/m0/s1. The average molecular weight is 563 g/mol. The topological polar surface area (TPSA) is 204 Å². The summed E-state index contributed by atoms with van der Waals surface area (Å²) in [6, 6.07) is 2.56. The van der Waals surface area contributed by atoms with Crippen LogP contribution in [0.2, 0.25) is 0 Å². The van der Waals surface area contributed by atoms with E-state index in [1.807, 2.05) is 0 Å². The number of nitro benzene ring substituents is 1. The number of nitrogens with one attached hydrogen (secondary N) is 2. The Labute approximate surface area is 227 Å². The minimum Gasteiger partial charge on any atom is -0.493 e. The number of H-pyrrole nitrogens is 1. The molecule has 1 fully saturated rings. The number of nitrogens with zero attached hydrogens (tertiary/aromatic N) is 2. The molecule has 0 saturated carbocycles. The highest BCUT2D eigenvalue weighted by Crippen LogP contribution is 2.34. The van der Waals surface area contributed by atoms with E-state index in [0.29, 0.717) is 19.3 Å². The second kappa shape index (κ2) is 14.1. The summed E-state index contributed by atoms with van der Waals surface area (Å²) in [6.45, 7) is -0.501. The van der Waals surface area contributed by atoms with Crippen molar-refractivity contribution >= 4 is 11.8 Å². The van der Waals surface area contributed by atoms with E-state index in [-0.39, 0.29) is 47.9 Å². The van der Waals surface area contributed by atoms with Gasteiger partial charge in [-0.2, -0.15) is 0 Å². The van der Waals surface area contributed by atoms with Gasteiger partial charge in [0.2, 0.25) is 0 Å². The summed E-state index contributed by atoms with van der Waals surface area (Å²) in [4.78, 5) is 49.2. The number of aromatic nitrogens is 2. The van der Waals surface area contributed by atoms with Crippen molar-refractivity contribution in [1.29, 1.82) is 0 Å². The van der Waals surface area contributed by atoms with E-state index in [2.05, 4.69) is 22.1 Å². The third-order valence-corrected chi connectivity index (χ3v) is 6.02. The minimum atomic E-state index is -0.946. The summed E-state index contributed by atoms with van der Waals surface area (Å²) in [5.41, 5.74) is -1.48. The Morgan fingerprint density at radius 3 is 2.65 bits per heavy atom. The van der Waals surface area contributed by atoms with Crippen molar-refractivity contribution in [3.8, 4) is 23.3 Å². The molecule has 0 bridgehead atoms. The lowest BCUT2D eigenvalue weighted by Crippen LogP contribution is -2.33. The predicted octanol–water partition coefficient (Wildman–Crippen LogP) is 0.551. The SMILES string of the molecule is COc1cc(COC(=O)NCCCCC#Cc2cn([C@H]3C[C@H](O)[C@@H](CO)O3)c(=O)[nH]c2=O)c([N+](=O)[O-])cc1OC. The van der Waals surface area contributed by atoms with Crippen molar-refractivity contribution in [2.45, 2.75) is 50.7 Å². The number of hydrogen-bond donors (Lipinski definition) is 4. The highest BCUT2D eigenvalue weighted by molar-refractivity contribution is 5.67. The van der Waals surface area contributed by atoms with Crippen LogP contribution in [0.4, 0.5) is 10.5 Å². The normalized spacial score (nSPS) is 17.9. The van der Waals surface area contributed by atoms with Crippen LogP contribution in [0.5, 0.6) is 11.5 Å². The van der Waals surface area contributed by atoms with E-state index in [4.69, 9.17) is 18.9 Å². The van der Waals surface area contributed by atoms with Crippen LogP contribution >= 0.6 is 0 Å². The number of amides is 1. The Kier molecular flexibility index (Phi) is 10.6. The third-order valence-electron chi connectivity index (χ3n) is 6.02. The lowest BCUT2D eigenvalue weighted by atomic mass is 10.1. The number of nitro groups is 1. The molecule has 0 spiro atoms. The number of alkyl carbamates (subject to hydrolysis) is 1. The Morgan fingerprint density at radius 2 is 2.00 bits per heavy atom. The van der Waals surface area contributed by atoms with Gasteiger partial charge in [0.15, 0.2) is 11.5 Å². The molecule has 1 aromatic carbocycles. The Balaban J connectivity index is 1.46. The molecule has 0 aliphatic carbocycles. The van der Waals surface area contributed by atoms with Crippen molar-refractivity contribution in [3.63, 3.8) is 0 Å². The second-order valence-corrected chi connectivity index (χ2v) is 8.68. The second-order valence-electron chi connectivity index (χ2n) is 8.68. The third kappa shape index (κ3) is 7.59. The lowest BCUT2D eigenvalue weighted by molar-refractivity contribution is -0.385. The quantitative estimate of drug-likeness (QED) is 0.129. The molecule has 216 valence electrons. The molecule has 2 aromatic rings. The monoisotopic (exact) mass is 562 g/mol. The van der Waals surface area contributed by atoms with Gasteiger partial charge in [-0.3, -0.25) is 24.5 Å². The maximum Gasteiger partial charge on any atom is 0.407 e. The van der Waals surface area contributed by atoms with Gasteiger partial charge >= 0.3 is 11.8 Å². The Hall–Kier alpha value is -4.39. The molecule has 1 aliphatic heterocycles. The van der Waals surface area contributed by atoms with E-state index in [9.17, 15) is 34.7 Å². The van der Waals surface area contributed by atoms with Gasteiger partial charge < -0.3 is 34.5 Å². The van der Waals surface area contributed by atoms with Crippen LogP contribution < -0.4 is 26.0 Å². The number of unbranched alkanes of at least 4 members (excludes halogenated alkanes) is 2. The number of aromatic amines is 1. The fraction of sp³-hybridized carbons (Fsp3) is 0.480. The molecular formula is C25H30N4O11. The molecule has 1 aromatic heterocycles. The molecule has 1 amide bonds. The molecule has 2 heterocycles. The molecule has 1 aliphatic rings. The number of carbonyl (C=O) groups is 1. The van der Waals surface area contributed by atoms with Gasteiger partial charge in [-0.15, -0.1) is 0 Å². The molecule has 15 nitrogen and oxygen atoms in total. The predicted molar refractivity (Wildman–Crippen MR) is 138 cm³/mol. The number of ether oxygens (including phenoxy) is 4. The largest absolute Gasteiger partial charge is 0.493 e. The average Bonchev–Trinajstić information content (AvgIpc) is 3.31. The van der Waals surface area contributed by atoms with Gasteiger partial charge in [-0.05, 0) is 18.9 Å². The van der Waals surface area contributed by atoms with Gasteiger partial charge in [0.25, 0.3) is 11.2 Å². The Morgan fingerprint density at radius 1 is 1.27 bits per heavy atom. The molecular weight excluding hydrogens is 532 g/mol. The van der Waals surface area contributed by atoms with E-state index in [0.717, 1.165) is 4.57 Å². The van der Waals surface area contributed by atoms with Crippen LogP contribution in [0.15, 0.2) is 27.9 Å². The summed E-state index contributed by atoms with van der Waals surface area (Å²) >= 11 is 0. The first-order valence-electron chi connectivity index (χ1n) is 12.3. The van der Waals surface area contributed by atoms with Crippen LogP contribution in [0.1, 0.15) is 43.0 Å². The summed E-state index contributed by atoms with van der Waals surface area (Å²) in [7, 11) is 2.73. The highest BCUT2D eigenvalue weighted by Gasteiger charge is 2.35. The summed E-state index contributed by atoms with van der Waals surface area (Å²) in [6.07, 6.45) is -0.552. The first kappa shape index (κ1) is 30.2. The number of carbonyl (C=O) groups excluding carboxylic acids is 1. The minimum absolute atomic E-state index is 0.0381. The number of benzene rings is 1. The van der Waals surface area contributed by atoms with Crippen molar-refractivity contribution in [1.82, 2.24) is 14.9 Å². The van der Waals surface area contributed by atoms with Crippen LogP contribution in [0.25, 0.3) is 0 Å². The maximum atomic E-state index is 12.2. The molecule has 0 radical (unpaired) electrons. The zero-order valence-corrected chi connectivity index (χ0v) is 21.9. The molecule has 3 rings (SSSR count). The van der Waals surface area contributed by atoms with Crippen molar-refractivity contribution in [3.05, 3.63) is 60.4 Å². The smallest absolute Gasteiger partial charge is 0.407 e. The zero-order chi connectivity index (χ0) is 29.2.